The molecule has 2 unspecified atom stereocenters. The minimum atomic E-state index is -0.922. The predicted molar refractivity (Wildman–Crippen MR) is 112 cm³/mol. The van der Waals surface area contributed by atoms with Crippen molar-refractivity contribution in [2.45, 2.75) is 51.1 Å². The minimum absolute atomic E-state index is 0.126. The molecule has 0 radical (unpaired) electrons. The Morgan fingerprint density at radius 1 is 1.03 bits per heavy atom. The van der Waals surface area contributed by atoms with Crippen LogP contribution in [0.2, 0.25) is 0 Å². The van der Waals surface area contributed by atoms with Gasteiger partial charge in [0.25, 0.3) is 11.8 Å². The van der Waals surface area contributed by atoms with Crippen LogP contribution in [0.4, 0.5) is 0 Å². The maximum atomic E-state index is 13.1. The number of carbonyl (C=O) groups is 4. The third kappa shape index (κ3) is 3.68. The van der Waals surface area contributed by atoms with Crippen molar-refractivity contribution in [1.82, 2.24) is 20.4 Å². The molecule has 4 amide bonds. The van der Waals surface area contributed by atoms with Gasteiger partial charge in [-0.3, -0.25) is 34.3 Å². The molecule has 1 aromatic carbocycles. The molecule has 8 nitrogen and oxygen atoms in total. The van der Waals surface area contributed by atoms with Gasteiger partial charge in [-0.05, 0) is 61.9 Å². The molecule has 4 aliphatic heterocycles. The summed E-state index contributed by atoms with van der Waals surface area (Å²) in [5.74, 6) is -1.84. The SMILES string of the molecule is O=C1CCC(N2C(=O)c3ccc(CN4CCCCC5(CCNC5)C4)cc3C2=O)C(=O)N1. The third-order valence-electron chi connectivity index (χ3n) is 7.23. The third-order valence-corrected chi connectivity index (χ3v) is 7.23. The highest BCUT2D eigenvalue weighted by atomic mass is 16.2. The lowest BCUT2D eigenvalue weighted by Gasteiger charge is -2.32. The largest absolute Gasteiger partial charge is 0.316 e. The fourth-order valence-corrected chi connectivity index (χ4v) is 5.62. The van der Waals surface area contributed by atoms with Crippen molar-refractivity contribution in [3.8, 4) is 0 Å². The van der Waals surface area contributed by atoms with E-state index in [1.54, 1.807) is 6.07 Å². The molecule has 4 heterocycles. The predicted octanol–water partition coefficient (Wildman–Crippen LogP) is 1.05. The Kier molecular flexibility index (Phi) is 5.14. The van der Waals surface area contributed by atoms with E-state index in [2.05, 4.69) is 15.5 Å². The van der Waals surface area contributed by atoms with E-state index in [1.807, 2.05) is 12.1 Å². The summed E-state index contributed by atoms with van der Waals surface area (Å²) in [5, 5.41) is 5.75. The number of likely N-dealkylation sites (tertiary alicyclic amines) is 1. The summed E-state index contributed by atoms with van der Waals surface area (Å²) in [6, 6.07) is 4.52. The van der Waals surface area contributed by atoms with E-state index < -0.39 is 23.8 Å². The van der Waals surface area contributed by atoms with Gasteiger partial charge < -0.3 is 5.32 Å². The number of imide groups is 2. The lowest BCUT2D eigenvalue weighted by Crippen LogP contribution is -2.54. The number of rotatable bonds is 3. The van der Waals surface area contributed by atoms with Crippen molar-refractivity contribution < 1.29 is 19.2 Å². The van der Waals surface area contributed by atoms with Crippen molar-refractivity contribution in [3.63, 3.8) is 0 Å². The van der Waals surface area contributed by atoms with Crippen molar-refractivity contribution in [2.75, 3.05) is 26.2 Å². The molecular weight excluding hydrogens is 396 g/mol. The highest BCUT2D eigenvalue weighted by Crippen LogP contribution is 2.36. The molecule has 2 N–H and O–H groups in total. The van der Waals surface area contributed by atoms with Gasteiger partial charge in [0, 0.05) is 26.1 Å². The zero-order valence-corrected chi connectivity index (χ0v) is 17.6. The highest BCUT2D eigenvalue weighted by Gasteiger charge is 2.44. The molecule has 3 fully saturated rings. The van der Waals surface area contributed by atoms with Crippen LogP contribution in [0.15, 0.2) is 18.2 Å². The van der Waals surface area contributed by atoms with E-state index in [0.717, 1.165) is 43.2 Å². The molecule has 1 spiro atoms. The zero-order chi connectivity index (χ0) is 21.6. The van der Waals surface area contributed by atoms with Gasteiger partial charge in [0.15, 0.2) is 0 Å². The van der Waals surface area contributed by atoms with E-state index in [9.17, 15) is 19.2 Å². The molecule has 5 rings (SSSR count). The average Bonchev–Trinajstić information content (AvgIpc) is 3.21. The summed E-state index contributed by atoms with van der Waals surface area (Å²) < 4.78 is 0. The van der Waals surface area contributed by atoms with Gasteiger partial charge in [0.2, 0.25) is 11.8 Å². The summed E-state index contributed by atoms with van der Waals surface area (Å²) in [7, 11) is 0. The Hall–Kier alpha value is -2.58. The number of carbonyl (C=O) groups excluding carboxylic acids is 4. The second-order valence-corrected chi connectivity index (χ2v) is 9.42. The smallest absolute Gasteiger partial charge is 0.262 e. The molecule has 0 saturated carbocycles. The second kappa shape index (κ2) is 7.84. The molecular formula is C23H28N4O4. The monoisotopic (exact) mass is 424 g/mol. The van der Waals surface area contributed by atoms with E-state index in [4.69, 9.17) is 0 Å². The maximum absolute atomic E-state index is 13.1. The summed E-state index contributed by atoms with van der Waals surface area (Å²) in [4.78, 5) is 53.1. The molecule has 0 bridgehead atoms. The molecule has 164 valence electrons. The fourth-order valence-electron chi connectivity index (χ4n) is 5.62. The van der Waals surface area contributed by atoms with E-state index >= 15 is 0 Å². The van der Waals surface area contributed by atoms with E-state index in [1.165, 1.54) is 25.7 Å². The van der Waals surface area contributed by atoms with Crippen molar-refractivity contribution in [1.29, 1.82) is 0 Å². The van der Waals surface area contributed by atoms with Gasteiger partial charge >= 0.3 is 0 Å². The maximum Gasteiger partial charge on any atom is 0.262 e. The van der Waals surface area contributed by atoms with Gasteiger partial charge in [0.1, 0.15) is 6.04 Å². The van der Waals surface area contributed by atoms with Crippen LogP contribution < -0.4 is 10.6 Å². The topological polar surface area (TPSA) is 98.8 Å². The van der Waals surface area contributed by atoms with Gasteiger partial charge in [-0.25, -0.2) is 0 Å². The van der Waals surface area contributed by atoms with Gasteiger partial charge in [-0.2, -0.15) is 0 Å². The standard InChI is InChI=1S/C23H28N4O4/c28-19-6-5-18(20(29)25-19)27-21(30)16-4-3-15(11-17(16)22(27)31)12-26-10-2-1-7-23(14-26)8-9-24-13-23/h3-4,11,18,24H,1-2,5-10,12-14H2,(H,25,28,29). The number of nitrogens with one attached hydrogen (secondary N) is 2. The van der Waals surface area contributed by atoms with Crippen LogP contribution >= 0.6 is 0 Å². The number of hydrogen-bond donors (Lipinski definition) is 2. The zero-order valence-electron chi connectivity index (χ0n) is 17.6. The lowest BCUT2D eigenvalue weighted by atomic mass is 9.82. The van der Waals surface area contributed by atoms with Gasteiger partial charge in [0.05, 0.1) is 11.1 Å². The Bertz CT molecular complexity index is 953. The molecule has 3 saturated heterocycles. The molecule has 8 heteroatoms. The quantitative estimate of drug-likeness (QED) is 0.704. The second-order valence-electron chi connectivity index (χ2n) is 9.42. The molecule has 31 heavy (non-hydrogen) atoms. The van der Waals surface area contributed by atoms with Crippen LogP contribution in [0.3, 0.4) is 0 Å². The van der Waals surface area contributed by atoms with Gasteiger partial charge in [-0.15, -0.1) is 0 Å². The average molecular weight is 425 g/mol. The first kappa shape index (κ1) is 20.3. The lowest BCUT2D eigenvalue weighted by molar-refractivity contribution is -0.136. The first-order chi connectivity index (χ1) is 15.0. The van der Waals surface area contributed by atoms with Crippen LogP contribution in [0, 0.1) is 5.41 Å². The normalized spacial score (nSPS) is 29.4. The minimum Gasteiger partial charge on any atom is -0.316 e. The Morgan fingerprint density at radius 3 is 2.65 bits per heavy atom. The van der Waals surface area contributed by atoms with Crippen LogP contribution in [-0.4, -0.2) is 65.6 Å². The number of fused-ring (bicyclic) bond motifs is 1. The van der Waals surface area contributed by atoms with Crippen LogP contribution in [-0.2, 0) is 16.1 Å². The molecule has 0 aromatic heterocycles. The Morgan fingerprint density at radius 2 is 1.87 bits per heavy atom. The Balaban J connectivity index is 1.34. The number of hydrogen-bond acceptors (Lipinski definition) is 6. The molecule has 1 aromatic rings. The van der Waals surface area contributed by atoms with E-state index in [0.29, 0.717) is 16.5 Å². The van der Waals surface area contributed by atoms with Crippen LogP contribution in [0.25, 0.3) is 0 Å². The number of amides is 4. The number of nitrogens with zero attached hydrogens (tertiary/aromatic N) is 2. The van der Waals surface area contributed by atoms with Crippen molar-refractivity contribution in [3.05, 3.63) is 34.9 Å². The summed E-state index contributed by atoms with van der Waals surface area (Å²) in [6.07, 6.45) is 5.19. The van der Waals surface area contributed by atoms with Crippen LogP contribution in [0.1, 0.15) is 64.8 Å². The first-order valence-corrected chi connectivity index (χ1v) is 11.2. The van der Waals surface area contributed by atoms with Crippen molar-refractivity contribution >= 4 is 23.6 Å². The summed E-state index contributed by atoms with van der Waals surface area (Å²) in [6.45, 7) is 4.98. The summed E-state index contributed by atoms with van der Waals surface area (Å²) >= 11 is 0. The Labute approximate surface area is 181 Å². The van der Waals surface area contributed by atoms with E-state index in [-0.39, 0.29) is 18.7 Å². The van der Waals surface area contributed by atoms with Gasteiger partial charge in [-0.1, -0.05) is 12.5 Å². The molecule has 2 atom stereocenters. The molecule has 0 aliphatic carbocycles. The fraction of sp³-hybridized carbons (Fsp3) is 0.565. The number of benzene rings is 1. The first-order valence-electron chi connectivity index (χ1n) is 11.2. The highest BCUT2D eigenvalue weighted by molar-refractivity contribution is 6.23. The molecule has 4 aliphatic rings. The van der Waals surface area contributed by atoms with Crippen molar-refractivity contribution in [2.24, 2.45) is 5.41 Å². The van der Waals surface area contributed by atoms with Crippen LogP contribution in [0.5, 0.6) is 0 Å². The number of piperidine rings is 1. The summed E-state index contributed by atoms with van der Waals surface area (Å²) in [5.41, 5.74) is 2.06.